The zero-order chi connectivity index (χ0) is 17.4. The van der Waals surface area contributed by atoms with Gasteiger partial charge >= 0.3 is 6.18 Å². The normalized spacial score (nSPS) is 16.0. The molecule has 1 heterocycles. The minimum absolute atomic E-state index is 0.292. The van der Waals surface area contributed by atoms with Crippen molar-refractivity contribution >= 4 is 0 Å². The van der Waals surface area contributed by atoms with Crippen LogP contribution in [0.4, 0.5) is 13.2 Å². The minimum Gasteiger partial charge on any atom is -0.244 e. The van der Waals surface area contributed by atoms with Crippen molar-refractivity contribution in [1.82, 2.24) is 4.98 Å². The quantitative estimate of drug-likeness (QED) is 0.619. The van der Waals surface area contributed by atoms with Crippen LogP contribution >= 0.6 is 0 Å². The predicted octanol–water partition coefficient (Wildman–Crippen LogP) is 5.02. The Bertz CT molecular complexity index is 823. The van der Waals surface area contributed by atoms with E-state index in [1.807, 2.05) is 12.1 Å². The molecule has 124 valence electrons. The highest BCUT2D eigenvalue weighted by atomic mass is 19.4. The van der Waals surface area contributed by atoms with Gasteiger partial charge in [0.1, 0.15) is 5.69 Å². The topological polar surface area (TPSA) is 12.9 Å². The van der Waals surface area contributed by atoms with Crippen molar-refractivity contribution in [2.75, 3.05) is 0 Å². The lowest BCUT2D eigenvalue weighted by molar-refractivity contribution is -0.137. The van der Waals surface area contributed by atoms with Gasteiger partial charge in [0.15, 0.2) is 0 Å². The first-order chi connectivity index (χ1) is 11.2. The van der Waals surface area contributed by atoms with E-state index in [2.05, 4.69) is 30.7 Å². The van der Waals surface area contributed by atoms with Gasteiger partial charge in [-0.1, -0.05) is 31.9 Å². The van der Waals surface area contributed by atoms with E-state index < -0.39 is 11.7 Å². The number of nitrogens with zero attached hydrogens (tertiary/aromatic N) is 1. The number of alkyl halides is 3. The monoisotopic (exact) mass is 329 g/mol. The van der Waals surface area contributed by atoms with Crippen molar-refractivity contribution in [1.29, 1.82) is 0 Å². The van der Waals surface area contributed by atoms with Crippen LogP contribution in [0, 0.1) is 17.3 Å². The molecule has 0 unspecified atom stereocenters. The SMILES string of the molecule is CC1(C)CCc2nc(C#Cc3cccc(C(F)(F)F)c3)ccc2C1. The Morgan fingerprint density at radius 3 is 2.62 bits per heavy atom. The lowest BCUT2D eigenvalue weighted by atomic mass is 9.76. The van der Waals surface area contributed by atoms with Crippen LogP contribution in [0.1, 0.15) is 48.3 Å². The lowest BCUT2D eigenvalue weighted by Gasteiger charge is -2.30. The Hall–Kier alpha value is -2.28. The second kappa shape index (κ2) is 5.98. The van der Waals surface area contributed by atoms with Gasteiger partial charge in [0.05, 0.1) is 5.56 Å². The van der Waals surface area contributed by atoms with Crippen LogP contribution < -0.4 is 0 Å². The number of pyridine rings is 1. The molecule has 0 saturated carbocycles. The van der Waals surface area contributed by atoms with Crippen LogP contribution in [0.5, 0.6) is 0 Å². The Kier molecular flexibility index (Phi) is 4.13. The zero-order valence-electron chi connectivity index (χ0n) is 13.7. The fourth-order valence-electron chi connectivity index (χ4n) is 2.95. The molecule has 0 aliphatic heterocycles. The summed E-state index contributed by atoms with van der Waals surface area (Å²) in [6.07, 6.45) is -1.36. The summed E-state index contributed by atoms with van der Waals surface area (Å²) in [4.78, 5) is 4.57. The number of benzene rings is 1. The molecule has 4 heteroatoms. The molecule has 0 fully saturated rings. The average molecular weight is 329 g/mol. The van der Waals surface area contributed by atoms with E-state index in [0.29, 0.717) is 16.7 Å². The second-order valence-electron chi connectivity index (χ2n) is 6.97. The highest BCUT2D eigenvalue weighted by Crippen LogP contribution is 2.33. The first-order valence-electron chi connectivity index (χ1n) is 7.91. The summed E-state index contributed by atoms with van der Waals surface area (Å²) in [5, 5.41) is 0. The van der Waals surface area contributed by atoms with Gasteiger partial charge in [-0.05, 0) is 60.4 Å². The van der Waals surface area contributed by atoms with Gasteiger partial charge in [0.25, 0.3) is 0 Å². The molecule has 0 radical (unpaired) electrons. The number of aryl methyl sites for hydroxylation is 1. The molecule has 0 spiro atoms. The molecule has 0 saturated heterocycles. The smallest absolute Gasteiger partial charge is 0.244 e. The standard InChI is InChI=1S/C20H18F3N/c1-19(2)11-10-18-15(13-19)7-9-17(24-18)8-6-14-4-3-5-16(12-14)20(21,22)23/h3-5,7,9,12H,10-11,13H2,1-2H3. The molecule has 24 heavy (non-hydrogen) atoms. The predicted molar refractivity (Wildman–Crippen MR) is 87.5 cm³/mol. The number of halogens is 3. The number of fused-ring (bicyclic) bond motifs is 1. The largest absolute Gasteiger partial charge is 0.416 e. The van der Waals surface area contributed by atoms with Crippen LogP contribution in [0.15, 0.2) is 36.4 Å². The summed E-state index contributed by atoms with van der Waals surface area (Å²) < 4.78 is 38.2. The van der Waals surface area contributed by atoms with E-state index in [-0.39, 0.29) is 0 Å². The number of aromatic nitrogens is 1. The molecule has 1 nitrogen and oxygen atoms in total. The van der Waals surface area contributed by atoms with Gasteiger partial charge in [0.2, 0.25) is 0 Å². The average Bonchev–Trinajstić information content (AvgIpc) is 2.51. The van der Waals surface area contributed by atoms with Crippen molar-refractivity contribution < 1.29 is 13.2 Å². The number of rotatable bonds is 0. The molecule has 3 rings (SSSR count). The molecular formula is C20H18F3N. The third-order valence-corrected chi connectivity index (χ3v) is 4.30. The highest BCUT2D eigenvalue weighted by molar-refractivity contribution is 5.43. The first-order valence-corrected chi connectivity index (χ1v) is 7.91. The van der Waals surface area contributed by atoms with Gasteiger partial charge in [0, 0.05) is 11.3 Å². The van der Waals surface area contributed by atoms with Gasteiger partial charge in [-0.3, -0.25) is 0 Å². The summed E-state index contributed by atoms with van der Waals surface area (Å²) in [7, 11) is 0. The Morgan fingerprint density at radius 1 is 1.08 bits per heavy atom. The lowest BCUT2D eigenvalue weighted by Crippen LogP contribution is -2.23. The van der Waals surface area contributed by atoms with E-state index in [9.17, 15) is 13.2 Å². The van der Waals surface area contributed by atoms with E-state index in [0.717, 1.165) is 37.1 Å². The van der Waals surface area contributed by atoms with Crippen molar-refractivity contribution in [2.24, 2.45) is 5.41 Å². The van der Waals surface area contributed by atoms with Gasteiger partial charge in [-0.25, -0.2) is 4.98 Å². The van der Waals surface area contributed by atoms with E-state index >= 15 is 0 Å². The Balaban J connectivity index is 1.85. The third-order valence-electron chi connectivity index (χ3n) is 4.30. The van der Waals surface area contributed by atoms with Crippen molar-refractivity contribution in [3.63, 3.8) is 0 Å². The zero-order valence-corrected chi connectivity index (χ0v) is 13.7. The molecule has 0 N–H and O–H groups in total. The summed E-state index contributed by atoms with van der Waals surface area (Å²) >= 11 is 0. The van der Waals surface area contributed by atoms with Crippen molar-refractivity contribution in [2.45, 2.75) is 39.3 Å². The highest BCUT2D eigenvalue weighted by Gasteiger charge is 2.30. The van der Waals surface area contributed by atoms with E-state index in [4.69, 9.17) is 0 Å². The molecule has 0 atom stereocenters. The third kappa shape index (κ3) is 3.79. The van der Waals surface area contributed by atoms with Gasteiger partial charge in [-0.15, -0.1) is 0 Å². The molecule has 1 aromatic heterocycles. The number of hydrogen-bond donors (Lipinski definition) is 0. The van der Waals surface area contributed by atoms with Crippen LogP contribution in [-0.2, 0) is 19.0 Å². The molecular weight excluding hydrogens is 311 g/mol. The minimum atomic E-state index is -4.35. The summed E-state index contributed by atoms with van der Waals surface area (Å²) in [5.74, 6) is 5.67. The molecule has 0 amide bonds. The first kappa shape index (κ1) is 16.6. The second-order valence-corrected chi connectivity index (χ2v) is 6.97. The molecule has 2 aromatic rings. The summed E-state index contributed by atoms with van der Waals surface area (Å²) in [6.45, 7) is 4.49. The Labute approximate surface area is 139 Å². The molecule has 1 aliphatic carbocycles. The summed E-state index contributed by atoms with van der Waals surface area (Å²) in [5.41, 5.74) is 2.85. The van der Waals surface area contributed by atoms with E-state index in [1.54, 1.807) is 6.07 Å². The van der Waals surface area contributed by atoms with Crippen LogP contribution in [-0.4, -0.2) is 4.98 Å². The summed E-state index contributed by atoms with van der Waals surface area (Å²) in [6, 6.07) is 8.94. The fraction of sp³-hybridized carbons (Fsp3) is 0.350. The van der Waals surface area contributed by atoms with Gasteiger partial charge < -0.3 is 0 Å². The van der Waals surface area contributed by atoms with Crippen LogP contribution in [0.3, 0.4) is 0 Å². The molecule has 1 aliphatic rings. The maximum atomic E-state index is 12.7. The van der Waals surface area contributed by atoms with Crippen molar-refractivity contribution in [3.05, 3.63) is 64.5 Å². The van der Waals surface area contributed by atoms with E-state index in [1.165, 1.54) is 11.6 Å². The Morgan fingerprint density at radius 2 is 1.88 bits per heavy atom. The number of hydrogen-bond acceptors (Lipinski definition) is 1. The van der Waals surface area contributed by atoms with Crippen LogP contribution in [0.25, 0.3) is 0 Å². The molecule has 1 aromatic carbocycles. The van der Waals surface area contributed by atoms with Crippen molar-refractivity contribution in [3.8, 4) is 11.8 Å². The molecule has 0 bridgehead atoms. The maximum absolute atomic E-state index is 12.7. The van der Waals surface area contributed by atoms with Crippen LogP contribution in [0.2, 0.25) is 0 Å². The van der Waals surface area contributed by atoms with Gasteiger partial charge in [-0.2, -0.15) is 13.2 Å². The fourth-order valence-corrected chi connectivity index (χ4v) is 2.95. The maximum Gasteiger partial charge on any atom is 0.416 e.